The van der Waals surface area contributed by atoms with Crippen LogP contribution in [0.15, 0.2) is 5.38 Å². The second kappa shape index (κ2) is 4.21. The van der Waals surface area contributed by atoms with Crippen LogP contribution in [0.2, 0.25) is 0 Å². The molecule has 0 aromatic carbocycles. The first-order valence-electron chi connectivity index (χ1n) is 4.01. The number of nitrogens with one attached hydrogen (secondary N) is 1. The second-order valence-electron chi connectivity index (χ2n) is 2.98. The van der Waals surface area contributed by atoms with Crippen molar-refractivity contribution in [3.63, 3.8) is 0 Å². The maximum absolute atomic E-state index is 4.45. The Hall–Kier alpha value is -0.120. The Labute approximate surface area is 82.8 Å². The highest BCUT2D eigenvalue weighted by Gasteiger charge is 2.18. The van der Waals surface area contributed by atoms with Gasteiger partial charge in [0.1, 0.15) is 5.01 Å². The zero-order chi connectivity index (χ0) is 7.68. The molecule has 1 unspecified atom stereocenters. The maximum atomic E-state index is 4.45. The molecule has 2 rings (SSSR count). The van der Waals surface area contributed by atoms with Crippen LogP contribution in [0.3, 0.4) is 0 Å². The van der Waals surface area contributed by atoms with E-state index in [4.69, 9.17) is 0 Å². The van der Waals surface area contributed by atoms with Gasteiger partial charge in [-0.25, -0.2) is 4.98 Å². The molecule has 0 aliphatic carbocycles. The van der Waals surface area contributed by atoms with Crippen molar-refractivity contribution < 1.29 is 0 Å². The fourth-order valence-corrected chi connectivity index (χ4v) is 2.33. The van der Waals surface area contributed by atoms with Crippen molar-refractivity contribution in [2.24, 2.45) is 0 Å². The van der Waals surface area contributed by atoms with Gasteiger partial charge in [0, 0.05) is 11.1 Å². The lowest BCUT2D eigenvalue weighted by molar-refractivity contribution is 0.641. The van der Waals surface area contributed by atoms with E-state index in [1.54, 1.807) is 11.3 Å². The van der Waals surface area contributed by atoms with E-state index in [2.05, 4.69) is 22.6 Å². The molecular weight excluding hydrogens is 192 g/mol. The number of halogens is 1. The number of aryl methyl sites for hydroxylation is 1. The lowest BCUT2D eigenvalue weighted by Crippen LogP contribution is -2.12. The molecule has 1 aliphatic heterocycles. The summed E-state index contributed by atoms with van der Waals surface area (Å²) in [6, 6.07) is 0.550. The van der Waals surface area contributed by atoms with Gasteiger partial charge in [-0.05, 0) is 26.3 Å². The van der Waals surface area contributed by atoms with Crippen LogP contribution in [-0.4, -0.2) is 11.5 Å². The molecule has 2 nitrogen and oxygen atoms in total. The molecular formula is C8H13ClN2S. The largest absolute Gasteiger partial charge is 0.308 e. The number of aromatic nitrogens is 1. The zero-order valence-corrected chi connectivity index (χ0v) is 8.67. The van der Waals surface area contributed by atoms with E-state index < -0.39 is 0 Å². The third-order valence-electron chi connectivity index (χ3n) is 2.00. The Kier molecular flexibility index (Phi) is 3.50. The predicted molar refractivity (Wildman–Crippen MR) is 54.1 cm³/mol. The standard InChI is InChI=1S/C8H12N2S.ClH/c1-6-5-11-8(10-6)7-3-2-4-9-7;/h5,7,9H,2-4H2,1H3;1H. The quantitative estimate of drug-likeness (QED) is 0.760. The first-order valence-corrected chi connectivity index (χ1v) is 4.89. The summed E-state index contributed by atoms with van der Waals surface area (Å²) in [6.07, 6.45) is 2.55. The molecule has 1 fully saturated rings. The minimum Gasteiger partial charge on any atom is -0.308 e. The number of hydrogen-bond acceptors (Lipinski definition) is 3. The van der Waals surface area contributed by atoms with Crippen LogP contribution in [-0.2, 0) is 0 Å². The van der Waals surface area contributed by atoms with Crippen LogP contribution in [0.5, 0.6) is 0 Å². The monoisotopic (exact) mass is 204 g/mol. The summed E-state index contributed by atoms with van der Waals surface area (Å²) in [5.41, 5.74) is 1.15. The van der Waals surface area contributed by atoms with Gasteiger partial charge in [-0.1, -0.05) is 0 Å². The van der Waals surface area contributed by atoms with Gasteiger partial charge < -0.3 is 5.32 Å². The van der Waals surface area contributed by atoms with Crippen molar-refractivity contribution in [2.75, 3.05) is 6.54 Å². The van der Waals surface area contributed by atoms with Crippen LogP contribution < -0.4 is 5.32 Å². The smallest absolute Gasteiger partial charge is 0.110 e. The molecule has 1 aliphatic rings. The van der Waals surface area contributed by atoms with Gasteiger partial charge in [0.05, 0.1) is 6.04 Å². The van der Waals surface area contributed by atoms with Crippen LogP contribution in [0.25, 0.3) is 0 Å². The number of hydrogen-bond donors (Lipinski definition) is 1. The highest BCUT2D eigenvalue weighted by molar-refractivity contribution is 7.09. The minimum atomic E-state index is 0. The summed E-state index contributed by atoms with van der Waals surface area (Å²) in [6.45, 7) is 3.21. The topological polar surface area (TPSA) is 24.9 Å². The van der Waals surface area contributed by atoms with Crippen LogP contribution in [0.4, 0.5) is 0 Å². The fraction of sp³-hybridized carbons (Fsp3) is 0.625. The van der Waals surface area contributed by atoms with Crippen molar-refractivity contribution in [2.45, 2.75) is 25.8 Å². The Morgan fingerprint density at radius 2 is 2.50 bits per heavy atom. The van der Waals surface area contributed by atoms with Crippen LogP contribution in [0, 0.1) is 6.92 Å². The third-order valence-corrected chi connectivity index (χ3v) is 3.07. The fourth-order valence-electron chi connectivity index (χ4n) is 1.43. The SMILES string of the molecule is Cc1csc(C2CCCN2)n1.Cl. The summed E-state index contributed by atoms with van der Waals surface area (Å²) >= 11 is 1.77. The molecule has 0 amide bonds. The van der Waals surface area contributed by atoms with E-state index in [0.29, 0.717) is 6.04 Å². The van der Waals surface area contributed by atoms with E-state index >= 15 is 0 Å². The molecule has 1 saturated heterocycles. The normalized spacial score (nSPS) is 22.2. The molecule has 12 heavy (non-hydrogen) atoms. The molecule has 1 aromatic rings. The highest BCUT2D eigenvalue weighted by Crippen LogP contribution is 2.25. The van der Waals surface area contributed by atoms with E-state index in [0.717, 1.165) is 12.2 Å². The third kappa shape index (κ3) is 1.97. The molecule has 0 spiro atoms. The molecule has 2 heterocycles. The van der Waals surface area contributed by atoms with Crippen molar-refractivity contribution in [1.82, 2.24) is 10.3 Å². The molecule has 1 N–H and O–H groups in total. The first-order chi connectivity index (χ1) is 5.36. The minimum absolute atomic E-state index is 0. The summed E-state index contributed by atoms with van der Waals surface area (Å²) in [4.78, 5) is 4.45. The zero-order valence-electron chi connectivity index (χ0n) is 7.04. The number of rotatable bonds is 1. The van der Waals surface area contributed by atoms with Crippen LogP contribution in [0.1, 0.15) is 29.6 Å². The number of nitrogens with zero attached hydrogens (tertiary/aromatic N) is 1. The second-order valence-corrected chi connectivity index (χ2v) is 3.87. The molecule has 0 bridgehead atoms. The van der Waals surface area contributed by atoms with Gasteiger partial charge in [-0.3, -0.25) is 0 Å². The molecule has 0 radical (unpaired) electrons. The molecule has 1 aromatic heterocycles. The maximum Gasteiger partial charge on any atom is 0.110 e. The Morgan fingerprint density at radius 1 is 1.67 bits per heavy atom. The van der Waals surface area contributed by atoms with Gasteiger partial charge in [-0.2, -0.15) is 0 Å². The molecule has 1 atom stereocenters. The first kappa shape index (κ1) is 9.96. The van der Waals surface area contributed by atoms with Crippen LogP contribution >= 0.6 is 23.7 Å². The summed E-state index contributed by atoms with van der Waals surface area (Å²) in [5.74, 6) is 0. The highest BCUT2D eigenvalue weighted by atomic mass is 35.5. The summed E-state index contributed by atoms with van der Waals surface area (Å²) in [7, 11) is 0. The van der Waals surface area contributed by atoms with E-state index in [1.807, 2.05) is 0 Å². The van der Waals surface area contributed by atoms with Gasteiger partial charge in [-0.15, -0.1) is 23.7 Å². The van der Waals surface area contributed by atoms with Gasteiger partial charge in [0.25, 0.3) is 0 Å². The van der Waals surface area contributed by atoms with E-state index in [1.165, 1.54) is 17.8 Å². The van der Waals surface area contributed by atoms with Gasteiger partial charge in [0.15, 0.2) is 0 Å². The van der Waals surface area contributed by atoms with Crippen molar-refractivity contribution in [1.29, 1.82) is 0 Å². The van der Waals surface area contributed by atoms with Crippen molar-refractivity contribution in [3.05, 3.63) is 16.1 Å². The molecule has 0 saturated carbocycles. The predicted octanol–water partition coefficient (Wildman–Crippen LogP) is 2.30. The lowest BCUT2D eigenvalue weighted by atomic mass is 10.2. The summed E-state index contributed by atoms with van der Waals surface area (Å²) in [5, 5.41) is 6.82. The Balaban J connectivity index is 0.000000720. The lowest BCUT2D eigenvalue weighted by Gasteiger charge is -2.03. The Bertz CT molecular complexity index is 243. The van der Waals surface area contributed by atoms with Crippen molar-refractivity contribution >= 4 is 23.7 Å². The molecule has 68 valence electrons. The average Bonchev–Trinajstić information content (AvgIpc) is 2.55. The van der Waals surface area contributed by atoms with Crippen molar-refractivity contribution in [3.8, 4) is 0 Å². The van der Waals surface area contributed by atoms with Gasteiger partial charge >= 0.3 is 0 Å². The molecule has 4 heteroatoms. The number of thiazole rings is 1. The van der Waals surface area contributed by atoms with E-state index in [-0.39, 0.29) is 12.4 Å². The Morgan fingerprint density at radius 3 is 3.00 bits per heavy atom. The average molecular weight is 205 g/mol. The van der Waals surface area contributed by atoms with Gasteiger partial charge in [0.2, 0.25) is 0 Å². The van der Waals surface area contributed by atoms with E-state index in [9.17, 15) is 0 Å². The summed E-state index contributed by atoms with van der Waals surface area (Å²) < 4.78 is 0.